The van der Waals surface area contributed by atoms with Crippen molar-refractivity contribution in [3.63, 3.8) is 0 Å². The van der Waals surface area contributed by atoms with Crippen molar-refractivity contribution in [1.29, 1.82) is 10.8 Å². The second-order valence-corrected chi connectivity index (χ2v) is 9.97. The third-order valence-electron chi connectivity index (χ3n) is 6.85. The van der Waals surface area contributed by atoms with Gasteiger partial charge in [-0.05, 0) is 56.2 Å². The van der Waals surface area contributed by atoms with E-state index in [2.05, 4.69) is 15.6 Å². The minimum Gasteiger partial charge on any atom is -0.338 e. The summed E-state index contributed by atoms with van der Waals surface area (Å²) in [7, 11) is 0. The number of amides is 2. The summed E-state index contributed by atoms with van der Waals surface area (Å²) < 4.78 is 27.8. The van der Waals surface area contributed by atoms with E-state index in [1.807, 2.05) is 4.57 Å². The van der Waals surface area contributed by atoms with Crippen molar-refractivity contribution in [2.45, 2.75) is 50.6 Å². The largest absolute Gasteiger partial charge is 0.338 e. The maximum atomic E-state index is 13.3. The molecule has 3 heterocycles. The molecule has 2 aliphatic carbocycles. The maximum Gasteiger partial charge on any atom is 0.293 e. The number of carbonyl (C=O) groups excluding carboxylic acids is 3. The number of Topliss-reactive ketones (excluding diaryl/α,β-unsaturated/α-hetero) is 1. The number of halogens is 2. The Morgan fingerprint density at radius 2 is 2.09 bits per heavy atom. The molecule has 0 radical (unpaired) electrons. The molecular formula is C23H22F2N6O3S. The highest BCUT2D eigenvalue weighted by Gasteiger charge is 2.52. The van der Waals surface area contributed by atoms with Gasteiger partial charge in [0.2, 0.25) is 0 Å². The zero-order valence-corrected chi connectivity index (χ0v) is 19.5. The Hall–Kier alpha value is -3.41. The van der Waals surface area contributed by atoms with Crippen molar-refractivity contribution in [1.82, 2.24) is 14.9 Å². The first-order valence-corrected chi connectivity index (χ1v) is 12.0. The van der Waals surface area contributed by atoms with Crippen molar-refractivity contribution in [3.8, 4) is 0 Å². The van der Waals surface area contributed by atoms with Crippen molar-refractivity contribution in [3.05, 3.63) is 46.5 Å². The molecule has 0 bridgehead atoms. The zero-order chi connectivity index (χ0) is 25.1. The molecule has 0 saturated heterocycles. The number of anilines is 1. The summed E-state index contributed by atoms with van der Waals surface area (Å²) >= 11 is 0.882. The van der Waals surface area contributed by atoms with Gasteiger partial charge in [0.15, 0.2) is 0 Å². The summed E-state index contributed by atoms with van der Waals surface area (Å²) in [6.07, 6.45) is 0.876. The fourth-order valence-electron chi connectivity index (χ4n) is 4.86. The Labute approximate surface area is 203 Å². The van der Waals surface area contributed by atoms with Crippen LogP contribution < -0.4 is 10.6 Å². The number of hydrogen-bond acceptors (Lipinski definition) is 7. The second-order valence-electron chi connectivity index (χ2n) is 9.09. The van der Waals surface area contributed by atoms with Gasteiger partial charge in [-0.25, -0.2) is 8.78 Å². The van der Waals surface area contributed by atoms with Gasteiger partial charge in [-0.3, -0.25) is 24.8 Å². The highest BCUT2D eigenvalue weighted by molar-refractivity contribution is 8.25. The van der Waals surface area contributed by atoms with Crippen LogP contribution in [0.3, 0.4) is 0 Å². The van der Waals surface area contributed by atoms with E-state index in [9.17, 15) is 23.2 Å². The number of alkyl halides is 2. The summed E-state index contributed by atoms with van der Waals surface area (Å²) in [5, 5.41) is 20.6. The first-order chi connectivity index (χ1) is 16.7. The Bertz CT molecular complexity index is 1300. The topological polar surface area (TPSA) is 141 Å². The average Bonchev–Trinajstić information content (AvgIpc) is 3.71. The normalized spacial score (nSPS) is 20.6. The summed E-state index contributed by atoms with van der Waals surface area (Å²) in [5.41, 5.74) is 1.20. The van der Waals surface area contributed by atoms with Gasteiger partial charge in [0, 0.05) is 23.6 Å². The third kappa shape index (κ3) is 3.95. The molecular weight excluding hydrogens is 478 g/mol. The first kappa shape index (κ1) is 23.3. The third-order valence-corrected chi connectivity index (χ3v) is 7.59. The van der Waals surface area contributed by atoms with Crippen LogP contribution in [-0.2, 0) is 11.2 Å². The minimum atomic E-state index is -2.78. The SMILES string of the molecule is Cc1c(C(=O)C(=O)NC2(C(=N)SC=N)CC2)c2n(c1C(=O)Nc1ccnc(C(F)F)c1)C1CC1C2. The molecule has 2 fully saturated rings. The van der Waals surface area contributed by atoms with E-state index in [-0.39, 0.29) is 28.0 Å². The quantitative estimate of drug-likeness (QED) is 0.190. The molecule has 2 atom stereocenters. The van der Waals surface area contributed by atoms with Crippen LogP contribution in [0.15, 0.2) is 18.3 Å². The van der Waals surface area contributed by atoms with Crippen LogP contribution in [-0.4, -0.2) is 43.3 Å². The predicted molar refractivity (Wildman–Crippen MR) is 126 cm³/mol. The van der Waals surface area contributed by atoms with Crippen molar-refractivity contribution >= 4 is 45.6 Å². The Kier molecular flexibility index (Phi) is 5.58. The number of fused-ring (bicyclic) bond motifs is 3. The molecule has 35 heavy (non-hydrogen) atoms. The standard InChI is InChI=1S/C23H22F2N6O3S/c1-10-16(18(32)21(34)30-23(3-4-23)22(27)35-9-26)15-7-11-6-14(11)31(15)17(10)20(33)29-12-2-5-28-13(8-12)19(24)25/h2,5,8-9,11,14,19,26-27H,3-4,6-7H2,1H3,(H,30,34)(H,28,29,33). The lowest BCUT2D eigenvalue weighted by molar-refractivity contribution is -0.117. The molecule has 9 nitrogen and oxygen atoms in total. The Balaban J connectivity index is 1.43. The van der Waals surface area contributed by atoms with Crippen LogP contribution in [0.5, 0.6) is 0 Å². The molecule has 0 spiro atoms. The average molecular weight is 501 g/mol. The number of ketones is 1. The van der Waals surface area contributed by atoms with E-state index in [1.54, 1.807) is 6.92 Å². The minimum absolute atomic E-state index is 0.0649. The van der Waals surface area contributed by atoms with E-state index >= 15 is 0 Å². The molecule has 0 aromatic carbocycles. The van der Waals surface area contributed by atoms with Gasteiger partial charge < -0.3 is 20.6 Å². The molecule has 3 aliphatic rings. The number of nitrogens with one attached hydrogen (secondary N) is 4. The van der Waals surface area contributed by atoms with Crippen LogP contribution in [0.25, 0.3) is 0 Å². The molecule has 2 aromatic heterocycles. The number of pyridine rings is 1. The summed E-state index contributed by atoms with van der Waals surface area (Å²) in [6, 6.07) is 2.57. The van der Waals surface area contributed by atoms with Crippen LogP contribution in [0, 0.1) is 23.7 Å². The van der Waals surface area contributed by atoms with E-state index in [0.717, 1.165) is 29.8 Å². The van der Waals surface area contributed by atoms with Crippen LogP contribution in [0.2, 0.25) is 0 Å². The molecule has 5 rings (SSSR count). The van der Waals surface area contributed by atoms with Gasteiger partial charge >= 0.3 is 0 Å². The highest BCUT2D eigenvalue weighted by Crippen LogP contribution is 2.54. The van der Waals surface area contributed by atoms with Crippen molar-refractivity contribution in [2.24, 2.45) is 5.92 Å². The van der Waals surface area contributed by atoms with Gasteiger partial charge in [0.05, 0.1) is 21.7 Å². The summed E-state index contributed by atoms with van der Waals surface area (Å²) in [5.74, 6) is -1.87. The van der Waals surface area contributed by atoms with E-state index in [1.165, 1.54) is 12.3 Å². The molecule has 1 aliphatic heterocycles. The number of nitrogens with zero attached hydrogens (tertiary/aromatic N) is 2. The summed E-state index contributed by atoms with van der Waals surface area (Å²) in [6.45, 7) is 1.61. The van der Waals surface area contributed by atoms with Gasteiger partial charge in [0.1, 0.15) is 11.4 Å². The molecule has 2 saturated carbocycles. The monoisotopic (exact) mass is 500 g/mol. The van der Waals surface area contributed by atoms with Gasteiger partial charge in [0.25, 0.3) is 24.0 Å². The number of thioether (sulfide) groups is 1. The van der Waals surface area contributed by atoms with Gasteiger partial charge in [-0.15, -0.1) is 0 Å². The molecule has 4 N–H and O–H groups in total. The maximum absolute atomic E-state index is 13.3. The van der Waals surface area contributed by atoms with E-state index in [4.69, 9.17) is 10.8 Å². The molecule has 2 aromatic rings. The van der Waals surface area contributed by atoms with Crippen LogP contribution >= 0.6 is 11.8 Å². The zero-order valence-electron chi connectivity index (χ0n) is 18.7. The smallest absolute Gasteiger partial charge is 0.293 e. The van der Waals surface area contributed by atoms with Crippen molar-refractivity contribution < 1.29 is 23.2 Å². The van der Waals surface area contributed by atoms with Crippen LogP contribution in [0.1, 0.15) is 69.5 Å². The number of aromatic nitrogens is 2. The predicted octanol–water partition coefficient (Wildman–Crippen LogP) is 3.65. The lowest BCUT2D eigenvalue weighted by Gasteiger charge is -2.16. The highest BCUT2D eigenvalue weighted by atomic mass is 32.2. The number of rotatable bonds is 8. The van der Waals surface area contributed by atoms with Gasteiger partial charge in [-0.1, -0.05) is 11.8 Å². The fourth-order valence-corrected chi connectivity index (χ4v) is 5.46. The first-order valence-electron chi connectivity index (χ1n) is 11.1. The lowest BCUT2D eigenvalue weighted by atomic mass is 10.0. The van der Waals surface area contributed by atoms with Gasteiger partial charge in [-0.2, -0.15) is 0 Å². The number of hydrogen-bond donors (Lipinski definition) is 4. The lowest BCUT2D eigenvalue weighted by Crippen LogP contribution is -2.45. The number of carbonyl (C=O) groups is 3. The second kappa shape index (κ2) is 8.36. The van der Waals surface area contributed by atoms with Crippen molar-refractivity contribution in [2.75, 3.05) is 5.32 Å². The van der Waals surface area contributed by atoms with Crippen LogP contribution in [0.4, 0.5) is 14.5 Å². The summed E-state index contributed by atoms with van der Waals surface area (Å²) in [4.78, 5) is 43.0. The molecule has 2 amide bonds. The Morgan fingerprint density at radius 3 is 2.74 bits per heavy atom. The van der Waals surface area contributed by atoms with E-state index < -0.39 is 35.3 Å². The van der Waals surface area contributed by atoms with E-state index in [0.29, 0.717) is 36.4 Å². The molecule has 2 unspecified atom stereocenters. The fraction of sp³-hybridized carbons (Fsp3) is 0.391. The molecule has 12 heteroatoms. The Morgan fingerprint density at radius 1 is 1.34 bits per heavy atom. The molecule has 182 valence electrons.